The number of hydroxylamine groups is 2. The molecule has 1 aromatic heterocycles. The fraction of sp³-hybridized carbons (Fsp3) is 0.500. The van der Waals surface area contributed by atoms with Crippen molar-refractivity contribution in [3.05, 3.63) is 22.9 Å². The minimum atomic E-state index is -0.802. The number of carbonyl (C=O) groups excluding carboxylic acids is 1. The molecule has 1 rings (SSSR count). The largest absolute Gasteiger partial charge is 0.325 e. The normalized spacial score (nSPS) is 12.5. The summed E-state index contributed by atoms with van der Waals surface area (Å²) >= 11 is 0. The first-order chi connectivity index (χ1) is 7.06. The highest BCUT2D eigenvalue weighted by atomic mass is 16.7. The average molecular weight is 214 g/mol. The zero-order valence-corrected chi connectivity index (χ0v) is 8.64. The summed E-state index contributed by atoms with van der Waals surface area (Å²) in [7, 11) is 2.83. The molecule has 0 fully saturated rings. The Bertz CT molecular complexity index is 383. The van der Waals surface area contributed by atoms with Crippen LogP contribution in [-0.2, 0) is 16.2 Å². The Morgan fingerprint density at radius 2 is 2.47 bits per heavy atom. The highest BCUT2D eigenvalue weighted by molar-refractivity contribution is 5.80. The Labute approximate surface area is 86.4 Å². The number of aromatic amines is 1. The molecule has 1 heterocycles. The monoisotopic (exact) mass is 214 g/mol. The van der Waals surface area contributed by atoms with Gasteiger partial charge in [-0.25, -0.2) is 9.86 Å². The molecule has 1 atom stereocenters. The molecule has 7 nitrogen and oxygen atoms in total. The third-order valence-corrected chi connectivity index (χ3v) is 2.02. The maximum Gasteiger partial charge on any atom is 0.325 e. The number of rotatable bonds is 4. The van der Waals surface area contributed by atoms with Crippen molar-refractivity contribution in [3.63, 3.8) is 0 Å². The number of nitrogens with zero attached hydrogens (tertiary/aromatic N) is 2. The van der Waals surface area contributed by atoms with Crippen molar-refractivity contribution in [2.24, 2.45) is 5.73 Å². The fourth-order valence-electron chi connectivity index (χ4n) is 1.11. The highest BCUT2D eigenvalue weighted by Crippen LogP contribution is 1.93. The molecule has 7 heteroatoms. The molecule has 1 amide bonds. The third-order valence-electron chi connectivity index (χ3n) is 2.02. The number of amides is 1. The lowest BCUT2D eigenvalue weighted by Crippen LogP contribution is -2.44. The Morgan fingerprint density at radius 1 is 1.80 bits per heavy atom. The summed E-state index contributed by atoms with van der Waals surface area (Å²) < 4.78 is 1.33. The second-order valence-corrected chi connectivity index (χ2v) is 3.04. The summed E-state index contributed by atoms with van der Waals surface area (Å²) in [5.41, 5.74) is 5.32. The first-order valence-electron chi connectivity index (χ1n) is 4.37. The lowest BCUT2D eigenvalue weighted by molar-refractivity contribution is -0.170. The molecular formula is C8H14N4O3. The summed E-state index contributed by atoms with van der Waals surface area (Å²) in [6.07, 6.45) is 3.02. The van der Waals surface area contributed by atoms with Crippen molar-refractivity contribution >= 4 is 5.91 Å². The summed E-state index contributed by atoms with van der Waals surface area (Å²) in [6.45, 7) is 0.120. The van der Waals surface area contributed by atoms with Gasteiger partial charge in [-0.05, 0) is 0 Å². The van der Waals surface area contributed by atoms with E-state index >= 15 is 0 Å². The van der Waals surface area contributed by atoms with Crippen molar-refractivity contribution in [2.75, 3.05) is 14.2 Å². The first kappa shape index (κ1) is 11.5. The smallest absolute Gasteiger partial charge is 0.318 e. The minimum absolute atomic E-state index is 0.120. The molecule has 15 heavy (non-hydrogen) atoms. The lowest BCUT2D eigenvalue weighted by atomic mass is 10.3. The zero-order valence-electron chi connectivity index (χ0n) is 8.64. The summed E-state index contributed by atoms with van der Waals surface area (Å²) in [5, 5.41) is 1.03. The minimum Gasteiger partial charge on any atom is -0.318 e. The molecule has 0 spiro atoms. The number of likely N-dealkylation sites (N-methyl/N-ethyl adjacent to an activating group) is 1. The summed E-state index contributed by atoms with van der Waals surface area (Å²) in [5.74, 6) is -0.384. The van der Waals surface area contributed by atoms with E-state index in [1.165, 1.54) is 31.1 Å². The second-order valence-electron chi connectivity index (χ2n) is 3.04. The number of nitrogens with one attached hydrogen (secondary N) is 1. The van der Waals surface area contributed by atoms with Gasteiger partial charge in [0.2, 0.25) is 0 Å². The van der Waals surface area contributed by atoms with Gasteiger partial charge in [0.05, 0.1) is 13.7 Å². The fourth-order valence-corrected chi connectivity index (χ4v) is 1.11. The van der Waals surface area contributed by atoms with E-state index in [-0.39, 0.29) is 18.1 Å². The van der Waals surface area contributed by atoms with E-state index < -0.39 is 6.04 Å². The number of hydrogen-bond donors (Lipinski definition) is 2. The van der Waals surface area contributed by atoms with Crippen molar-refractivity contribution in [2.45, 2.75) is 12.6 Å². The van der Waals surface area contributed by atoms with Crippen LogP contribution in [-0.4, -0.2) is 40.7 Å². The maximum atomic E-state index is 11.5. The van der Waals surface area contributed by atoms with E-state index in [1.54, 1.807) is 0 Å². The van der Waals surface area contributed by atoms with E-state index in [9.17, 15) is 9.59 Å². The van der Waals surface area contributed by atoms with Gasteiger partial charge >= 0.3 is 5.69 Å². The van der Waals surface area contributed by atoms with Gasteiger partial charge in [-0.15, -0.1) is 0 Å². The molecule has 0 unspecified atom stereocenters. The lowest BCUT2D eigenvalue weighted by Gasteiger charge is -2.18. The molecule has 84 valence electrons. The van der Waals surface area contributed by atoms with E-state index in [0.717, 1.165) is 5.06 Å². The molecule has 0 bridgehead atoms. The summed E-state index contributed by atoms with van der Waals surface area (Å²) in [6, 6.07) is -0.802. The predicted octanol–water partition coefficient (Wildman–Crippen LogP) is -1.48. The van der Waals surface area contributed by atoms with E-state index in [0.29, 0.717) is 0 Å². The third kappa shape index (κ3) is 2.67. The van der Waals surface area contributed by atoms with Gasteiger partial charge in [0, 0.05) is 19.4 Å². The van der Waals surface area contributed by atoms with Crippen molar-refractivity contribution in [1.29, 1.82) is 0 Å². The van der Waals surface area contributed by atoms with Gasteiger partial charge in [0.25, 0.3) is 5.91 Å². The number of hydrogen-bond acceptors (Lipinski definition) is 4. The molecule has 0 radical (unpaired) electrons. The summed E-state index contributed by atoms with van der Waals surface area (Å²) in [4.78, 5) is 29.7. The SMILES string of the molecule is CON(C)C(=O)[C@@H](N)Cn1cc[nH]c1=O. The van der Waals surface area contributed by atoms with Crippen LogP contribution in [0.15, 0.2) is 17.2 Å². The van der Waals surface area contributed by atoms with Crippen LogP contribution in [0.2, 0.25) is 0 Å². The van der Waals surface area contributed by atoms with E-state index in [1.807, 2.05) is 0 Å². The van der Waals surface area contributed by atoms with Gasteiger partial charge in [0.1, 0.15) is 6.04 Å². The van der Waals surface area contributed by atoms with E-state index in [2.05, 4.69) is 4.98 Å². The molecular weight excluding hydrogens is 200 g/mol. The molecule has 0 saturated carbocycles. The maximum absolute atomic E-state index is 11.5. The topological polar surface area (TPSA) is 93.3 Å². The van der Waals surface area contributed by atoms with Crippen molar-refractivity contribution in [1.82, 2.24) is 14.6 Å². The van der Waals surface area contributed by atoms with Crippen LogP contribution in [0.3, 0.4) is 0 Å². The molecule has 3 N–H and O–H groups in total. The first-order valence-corrected chi connectivity index (χ1v) is 4.37. The number of H-pyrrole nitrogens is 1. The van der Waals surface area contributed by atoms with Crippen LogP contribution in [0.25, 0.3) is 0 Å². The van der Waals surface area contributed by atoms with Gasteiger partial charge in [-0.3, -0.25) is 14.2 Å². The molecule has 1 aromatic rings. The van der Waals surface area contributed by atoms with E-state index in [4.69, 9.17) is 10.6 Å². The predicted molar refractivity (Wildman–Crippen MR) is 52.8 cm³/mol. The second kappa shape index (κ2) is 4.76. The molecule has 0 aliphatic rings. The van der Waals surface area contributed by atoms with Gasteiger partial charge in [-0.1, -0.05) is 0 Å². The van der Waals surface area contributed by atoms with Gasteiger partial charge in [-0.2, -0.15) is 0 Å². The number of carbonyl (C=O) groups is 1. The van der Waals surface area contributed by atoms with Crippen LogP contribution in [0.1, 0.15) is 0 Å². The number of nitrogens with two attached hydrogens (primary N) is 1. The van der Waals surface area contributed by atoms with Crippen LogP contribution >= 0.6 is 0 Å². The van der Waals surface area contributed by atoms with Crippen LogP contribution < -0.4 is 11.4 Å². The Balaban J connectivity index is 2.64. The molecule has 0 aliphatic carbocycles. The van der Waals surface area contributed by atoms with Crippen molar-refractivity contribution < 1.29 is 9.63 Å². The van der Waals surface area contributed by atoms with Crippen molar-refractivity contribution in [3.8, 4) is 0 Å². The van der Waals surface area contributed by atoms with Crippen LogP contribution in [0.5, 0.6) is 0 Å². The molecule has 0 aromatic carbocycles. The average Bonchev–Trinajstić information content (AvgIpc) is 2.62. The van der Waals surface area contributed by atoms with Crippen LogP contribution in [0, 0.1) is 0 Å². The molecule has 0 aliphatic heterocycles. The van der Waals surface area contributed by atoms with Gasteiger partial charge < -0.3 is 10.7 Å². The van der Waals surface area contributed by atoms with Crippen LogP contribution in [0.4, 0.5) is 0 Å². The Kier molecular flexibility index (Phi) is 3.64. The molecule has 0 saturated heterocycles. The van der Waals surface area contributed by atoms with Gasteiger partial charge in [0.15, 0.2) is 0 Å². The highest BCUT2D eigenvalue weighted by Gasteiger charge is 2.18. The zero-order chi connectivity index (χ0) is 11.4. The number of aromatic nitrogens is 2. The number of imidazole rings is 1. The Hall–Kier alpha value is -1.60. The Morgan fingerprint density at radius 3 is 2.93 bits per heavy atom. The quantitative estimate of drug-likeness (QED) is 0.598. The standard InChI is InChI=1S/C8H14N4O3/c1-11(15-2)7(13)6(9)5-12-4-3-10-8(12)14/h3-4,6H,5,9H2,1-2H3,(H,10,14)/t6-/m0/s1.